The average molecular weight is 251 g/mol. The fourth-order valence-corrected chi connectivity index (χ4v) is 2.07. The molecule has 0 radical (unpaired) electrons. The Morgan fingerprint density at radius 3 is 2.57 bits per heavy atom. The lowest BCUT2D eigenvalue weighted by Crippen LogP contribution is -1.79. The van der Waals surface area contributed by atoms with E-state index in [1.165, 1.54) is 0 Å². The third-order valence-corrected chi connectivity index (χ3v) is 3.03. The zero-order valence-electron chi connectivity index (χ0n) is 7.92. The molecule has 2 rings (SSSR count). The van der Waals surface area contributed by atoms with Gasteiger partial charge in [-0.25, -0.2) is 0 Å². The maximum atomic E-state index is 4.28. The van der Waals surface area contributed by atoms with Crippen LogP contribution in [0.4, 0.5) is 0 Å². The van der Waals surface area contributed by atoms with Crippen molar-refractivity contribution < 1.29 is 0 Å². The number of aromatic amines is 1. The van der Waals surface area contributed by atoms with Crippen molar-refractivity contribution in [3.05, 3.63) is 40.5 Å². The highest BCUT2D eigenvalue weighted by atomic mass is 79.9. The summed E-state index contributed by atoms with van der Waals surface area (Å²) in [7, 11) is 0. The van der Waals surface area contributed by atoms with Crippen LogP contribution in [0.5, 0.6) is 0 Å². The molecule has 1 aromatic carbocycles. The first-order chi connectivity index (χ1) is 6.83. The summed E-state index contributed by atoms with van der Waals surface area (Å²) < 4.78 is 1.08. The lowest BCUT2D eigenvalue weighted by molar-refractivity contribution is 0.973. The van der Waals surface area contributed by atoms with E-state index in [-0.39, 0.29) is 0 Å². The molecule has 1 aromatic heterocycles. The predicted octanol–water partition coefficient (Wildman–Crippen LogP) is 3.40. The standard InChI is InChI=1S/C11H11BrN2/c1-2-9-10(12)11(14-13-9)8-6-4-3-5-7-8/h3-7H,2H2,1H3,(H,13,14). The number of hydrogen-bond acceptors (Lipinski definition) is 1. The van der Waals surface area contributed by atoms with Crippen LogP contribution < -0.4 is 0 Å². The summed E-state index contributed by atoms with van der Waals surface area (Å²) in [6.07, 6.45) is 0.959. The van der Waals surface area contributed by atoms with Gasteiger partial charge in [0.1, 0.15) is 5.69 Å². The Kier molecular flexibility index (Phi) is 2.68. The van der Waals surface area contributed by atoms with Gasteiger partial charge in [-0.1, -0.05) is 37.3 Å². The van der Waals surface area contributed by atoms with Crippen molar-refractivity contribution in [2.24, 2.45) is 0 Å². The second kappa shape index (κ2) is 3.96. The monoisotopic (exact) mass is 250 g/mol. The van der Waals surface area contributed by atoms with Gasteiger partial charge in [0.25, 0.3) is 0 Å². The minimum absolute atomic E-state index is 0.959. The molecule has 0 fully saturated rings. The summed E-state index contributed by atoms with van der Waals surface area (Å²) in [6, 6.07) is 10.1. The molecule has 0 bridgehead atoms. The van der Waals surface area contributed by atoms with Gasteiger partial charge >= 0.3 is 0 Å². The van der Waals surface area contributed by atoms with E-state index in [1.807, 2.05) is 18.2 Å². The zero-order chi connectivity index (χ0) is 9.97. The van der Waals surface area contributed by atoms with Gasteiger partial charge in [-0.2, -0.15) is 5.10 Å². The van der Waals surface area contributed by atoms with Gasteiger partial charge in [0, 0.05) is 11.3 Å². The van der Waals surface area contributed by atoms with E-state index in [0.717, 1.165) is 27.8 Å². The van der Waals surface area contributed by atoms with Crippen molar-refractivity contribution in [1.82, 2.24) is 10.2 Å². The maximum Gasteiger partial charge on any atom is 0.107 e. The van der Waals surface area contributed by atoms with Gasteiger partial charge in [-0.05, 0) is 22.4 Å². The summed E-state index contributed by atoms with van der Waals surface area (Å²) in [5, 5.41) is 7.31. The highest BCUT2D eigenvalue weighted by Gasteiger charge is 2.09. The second-order valence-electron chi connectivity index (χ2n) is 3.08. The molecule has 0 amide bonds. The second-order valence-corrected chi connectivity index (χ2v) is 3.88. The van der Waals surface area contributed by atoms with Crippen LogP contribution in [0.3, 0.4) is 0 Å². The minimum atomic E-state index is 0.959. The lowest BCUT2D eigenvalue weighted by Gasteiger charge is -1.96. The number of aryl methyl sites for hydroxylation is 1. The van der Waals surface area contributed by atoms with Crippen molar-refractivity contribution in [2.75, 3.05) is 0 Å². The molecule has 0 aliphatic heterocycles. The molecule has 0 unspecified atom stereocenters. The van der Waals surface area contributed by atoms with Crippen molar-refractivity contribution in [3.8, 4) is 11.3 Å². The van der Waals surface area contributed by atoms with E-state index in [0.29, 0.717) is 0 Å². The third kappa shape index (κ3) is 1.60. The maximum absolute atomic E-state index is 4.28. The van der Waals surface area contributed by atoms with Crippen LogP contribution in [0.15, 0.2) is 34.8 Å². The molecule has 3 heteroatoms. The van der Waals surface area contributed by atoms with Gasteiger partial charge in [0.15, 0.2) is 0 Å². The van der Waals surface area contributed by atoms with Crippen molar-refractivity contribution in [1.29, 1.82) is 0 Å². The van der Waals surface area contributed by atoms with Gasteiger partial charge in [0.2, 0.25) is 0 Å². The molecule has 2 aromatic rings. The Labute approximate surface area is 91.5 Å². The largest absolute Gasteiger partial charge is 0.281 e. The normalized spacial score (nSPS) is 10.4. The smallest absolute Gasteiger partial charge is 0.107 e. The first-order valence-electron chi connectivity index (χ1n) is 4.61. The molecular formula is C11H11BrN2. The number of rotatable bonds is 2. The fraction of sp³-hybridized carbons (Fsp3) is 0.182. The van der Waals surface area contributed by atoms with Crippen LogP contribution in [0.1, 0.15) is 12.6 Å². The quantitative estimate of drug-likeness (QED) is 0.870. The summed E-state index contributed by atoms with van der Waals surface area (Å²) >= 11 is 3.55. The fourth-order valence-electron chi connectivity index (χ4n) is 1.39. The van der Waals surface area contributed by atoms with Crippen LogP contribution >= 0.6 is 15.9 Å². The van der Waals surface area contributed by atoms with Gasteiger partial charge < -0.3 is 0 Å². The zero-order valence-corrected chi connectivity index (χ0v) is 9.51. The van der Waals surface area contributed by atoms with Crippen molar-refractivity contribution >= 4 is 15.9 Å². The van der Waals surface area contributed by atoms with Crippen LogP contribution in [0.2, 0.25) is 0 Å². The summed E-state index contributed by atoms with van der Waals surface area (Å²) in [5.74, 6) is 0. The number of halogens is 1. The lowest BCUT2D eigenvalue weighted by atomic mass is 10.1. The van der Waals surface area contributed by atoms with E-state index >= 15 is 0 Å². The molecule has 1 heterocycles. The van der Waals surface area contributed by atoms with E-state index < -0.39 is 0 Å². The van der Waals surface area contributed by atoms with Crippen LogP contribution in [-0.2, 0) is 6.42 Å². The minimum Gasteiger partial charge on any atom is -0.281 e. The van der Waals surface area contributed by atoms with Crippen LogP contribution in [0.25, 0.3) is 11.3 Å². The van der Waals surface area contributed by atoms with Crippen LogP contribution in [0, 0.1) is 0 Å². The molecule has 0 saturated carbocycles. The Morgan fingerprint density at radius 2 is 2.00 bits per heavy atom. The number of H-pyrrole nitrogens is 1. The molecule has 14 heavy (non-hydrogen) atoms. The molecule has 0 aliphatic rings. The Balaban J connectivity index is 2.48. The molecule has 0 aliphatic carbocycles. The first-order valence-corrected chi connectivity index (χ1v) is 5.40. The van der Waals surface area contributed by atoms with Crippen molar-refractivity contribution in [2.45, 2.75) is 13.3 Å². The summed E-state index contributed by atoms with van der Waals surface area (Å²) in [5.41, 5.74) is 3.27. The van der Waals surface area contributed by atoms with E-state index in [4.69, 9.17) is 0 Å². The number of aromatic nitrogens is 2. The molecule has 0 atom stereocenters. The highest BCUT2D eigenvalue weighted by Crippen LogP contribution is 2.28. The SMILES string of the molecule is CCc1[nH]nc(-c2ccccc2)c1Br. The topological polar surface area (TPSA) is 28.7 Å². The molecule has 0 spiro atoms. The molecule has 72 valence electrons. The number of hydrogen-bond donors (Lipinski definition) is 1. The summed E-state index contributed by atoms with van der Waals surface area (Å²) in [4.78, 5) is 0. The molecule has 0 saturated heterocycles. The molecular weight excluding hydrogens is 240 g/mol. The number of benzene rings is 1. The molecule has 2 nitrogen and oxygen atoms in total. The van der Waals surface area contributed by atoms with Gasteiger partial charge in [0.05, 0.1) is 4.47 Å². The number of nitrogens with one attached hydrogen (secondary N) is 1. The highest BCUT2D eigenvalue weighted by molar-refractivity contribution is 9.10. The summed E-state index contributed by atoms with van der Waals surface area (Å²) in [6.45, 7) is 2.10. The van der Waals surface area contributed by atoms with E-state index in [9.17, 15) is 0 Å². The van der Waals surface area contributed by atoms with E-state index in [2.05, 4.69) is 45.2 Å². The number of nitrogens with zero attached hydrogens (tertiary/aromatic N) is 1. The Bertz CT molecular complexity index is 420. The van der Waals surface area contributed by atoms with Gasteiger partial charge in [-0.3, -0.25) is 5.10 Å². The average Bonchev–Trinajstić information content (AvgIpc) is 2.61. The third-order valence-electron chi connectivity index (χ3n) is 2.18. The Morgan fingerprint density at radius 1 is 1.29 bits per heavy atom. The first kappa shape index (κ1) is 9.46. The van der Waals surface area contributed by atoms with Crippen molar-refractivity contribution in [3.63, 3.8) is 0 Å². The van der Waals surface area contributed by atoms with E-state index in [1.54, 1.807) is 0 Å². The predicted molar refractivity (Wildman–Crippen MR) is 61.1 cm³/mol. The Hall–Kier alpha value is -1.09. The molecule has 1 N–H and O–H groups in total. The van der Waals surface area contributed by atoms with Gasteiger partial charge in [-0.15, -0.1) is 0 Å². The van der Waals surface area contributed by atoms with Crippen LogP contribution in [-0.4, -0.2) is 10.2 Å².